The number of carbonyl (C=O) groups is 1. The molecule has 0 bridgehead atoms. The fourth-order valence-electron chi connectivity index (χ4n) is 1.50. The number of amides is 1. The zero-order chi connectivity index (χ0) is 14.3. The van der Waals surface area contributed by atoms with Crippen LogP contribution in [0.5, 0.6) is 0 Å². The molecule has 1 unspecified atom stereocenters. The summed E-state index contributed by atoms with van der Waals surface area (Å²) in [5.74, 6) is 1.07. The lowest BCUT2D eigenvalue weighted by atomic mass is 10.0. The van der Waals surface area contributed by atoms with Gasteiger partial charge in [-0.2, -0.15) is 0 Å². The Morgan fingerprint density at radius 3 is 2.84 bits per heavy atom. The van der Waals surface area contributed by atoms with Gasteiger partial charge in [0, 0.05) is 10.8 Å². The van der Waals surface area contributed by atoms with Crippen molar-refractivity contribution in [2.24, 2.45) is 0 Å². The maximum atomic E-state index is 11.8. The molecule has 2 N–H and O–H groups in total. The van der Waals surface area contributed by atoms with Crippen LogP contribution in [0.2, 0.25) is 5.02 Å². The van der Waals surface area contributed by atoms with Crippen molar-refractivity contribution in [3.8, 4) is 0 Å². The number of halogens is 1. The van der Waals surface area contributed by atoms with Crippen LogP contribution in [-0.4, -0.2) is 28.9 Å². The molecule has 0 saturated carbocycles. The van der Waals surface area contributed by atoms with E-state index in [0.29, 0.717) is 17.2 Å². The first-order valence-corrected chi connectivity index (χ1v) is 7.76. The predicted molar refractivity (Wildman–Crippen MR) is 81.5 cm³/mol. The first kappa shape index (κ1) is 16.3. The van der Waals surface area contributed by atoms with E-state index in [0.717, 1.165) is 11.3 Å². The minimum absolute atomic E-state index is 0.0474. The molecule has 0 saturated heterocycles. The second-order valence-electron chi connectivity index (χ2n) is 4.74. The highest BCUT2D eigenvalue weighted by Gasteiger charge is 2.22. The standard InChI is InChI=1S/C14H20ClNO2S/c1-3-14(2,10-17)16-13(18)9-19-8-11-5-4-6-12(15)7-11/h4-7,17H,3,8-10H2,1-2H3,(H,16,18). The summed E-state index contributed by atoms with van der Waals surface area (Å²) in [6.45, 7) is 3.73. The molecule has 0 aromatic heterocycles. The Labute approximate surface area is 123 Å². The Morgan fingerprint density at radius 2 is 2.26 bits per heavy atom. The van der Waals surface area contributed by atoms with E-state index in [2.05, 4.69) is 5.32 Å². The quantitative estimate of drug-likeness (QED) is 0.814. The molecule has 5 heteroatoms. The van der Waals surface area contributed by atoms with E-state index in [-0.39, 0.29) is 12.5 Å². The van der Waals surface area contributed by atoms with Crippen LogP contribution >= 0.6 is 23.4 Å². The first-order valence-electron chi connectivity index (χ1n) is 6.23. The monoisotopic (exact) mass is 301 g/mol. The molecule has 1 amide bonds. The van der Waals surface area contributed by atoms with Crippen LogP contribution in [0.15, 0.2) is 24.3 Å². The van der Waals surface area contributed by atoms with Crippen LogP contribution in [0.1, 0.15) is 25.8 Å². The summed E-state index contributed by atoms with van der Waals surface area (Å²) in [6.07, 6.45) is 0.703. The van der Waals surface area contributed by atoms with E-state index < -0.39 is 5.54 Å². The zero-order valence-electron chi connectivity index (χ0n) is 11.3. The van der Waals surface area contributed by atoms with Gasteiger partial charge < -0.3 is 10.4 Å². The molecule has 3 nitrogen and oxygen atoms in total. The van der Waals surface area contributed by atoms with E-state index >= 15 is 0 Å². The van der Waals surface area contributed by atoms with Crippen LogP contribution in [-0.2, 0) is 10.5 Å². The fourth-order valence-corrected chi connectivity index (χ4v) is 2.49. The number of hydrogen-bond donors (Lipinski definition) is 2. The molecule has 1 rings (SSSR count). The van der Waals surface area contributed by atoms with E-state index in [1.165, 1.54) is 11.8 Å². The van der Waals surface area contributed by atoms with Gasteiger partial charge in [-0.25, -0.2) is 0 Å². The molecule has 0 spiro atoms. The van der Waals surface area contributed by atoms with Crippen molar-refractivity contribution in [3.63, 3.8) is 0 Å². The van der Waals surface area contributed by atoms with Crippen LogP contribution in [0, 0.1) is 0 Å². The normalized spacial score (nSPS) is 13.9. The number of aliphatic hydroxyl groups is 1. The maximum absolute atomic E-state index is 11.8. The number of thioether (sulfide) groups is 1. The highest BCUT2D eigenvalue weighted by atomic mass is 35.5. The Bertz CT molecular complexity index is 422. The molecule has 0 aliphatic rings. The molecule has 0 heterocycles. The van der Waals surface area contributed by atoms with E-state index in [9.17, 15) is 9.90 Å². The number of aliphatic hydroxyl groups excluding tert-OH is 1. The summed E-state index contributed by atoms with van der Waals surface area (Å²) < 4.78 is 0. The Balaban J connectivity index is 2.35. The van der Waals surface area contributed by atoms with Crippen LogP contribution < -0.4 is 5.32 Å². The van der Waals surface area contributed by atoms with Gasteiger partial charge in [-0.05, 0) is 31.0 Å². The number of hydrogen-bond acceptors (Lipinski definition) is 3. The summed E-state index contributed by atoms with van der Waals surface area (Å²) in [6, 6.07) is 7.62. The molecule has 1 aromatic carbocycles. The zero-order valence-corrected chi connectivity index (χ0v) is 12.9. The molecule has 0 fully saturated rings. The molecule has 19 heavy (non-hydrogen) atoms. The fraction of sp³-hybridized carbons (Fsp3) is 0.500. The maximum Gasteiger partial charge on any atom is 0.230 e. The van der Waals surface area contributed by atoms with Gasteiger partial charge in [0.15, 0.2) is 0 Å². The Morgan fingerprint density at radius 1 is 1.53 bits per heavy atom. The number of nitrogens with one attached hydrogen (secondary N) is 1. The van der Waals surface area contributed by atoms with Gasteiger partial charge in [-0.1, -0.05) is 30.7 Å². The first-order chi connectivity index (χ1) is 8.99. The number of benzene rings is 1. The molecule has 0 radical (unpaired) electrons. The van der Waals surface area contributed by atoms with Gasteiger partial charge in [0.1, 0.15) is 0 Å². The van der Waals surface area contributed by atoms with Gasteiger partial charge in [-0.3, -0.25) is 4.79 Å². The molecule has 1 atom stereocenters. The number of rotatable bonds is 7. The lowest BCUT2D eigenvalue weighted by molar-refractivity contribution is -0.120. The van der Waals surface area contributed by atoms with E-state index in [1.807, 2.05) is 38.1 Å². The van der Waals surface area contributed by atoms with Crippen molar-refractivity contribution < 1.29 is 9.90 Å². The van der Waals surface area contributed by atoms with Gasteiger partial charge in [0.25, 0.3) is 0 Å². The van der Waals surface area contributed by atoms with Crippen LogP contribution in [0.25, 0.3) is 0 Å². The molecule has 0 aliphatic carbocycles. The molecule has 1 aromatic rings. The Hall–Kier alpha value is -0.710. The smallest absolute Gasteiger partial charge is 0.230 e. The molecular formula is C14H20ClNO2S. The second kappa shape index (κ2) is 7.78. The van der Waals surface area contributed by atoms with Crippen molar-refractivity contribution in [2.45, 2.75) is 31.6 Å². The van der Waals surface area contributed by atoms with Crippen molar-refractivity contribution in [2.75, 3.05) is 12.4 Å². The largest absolute Gasteiger partial charge is 0.394 e. The molecule has 106 valence electrons. The average molecular weight is 302 g/mol. The van der Waals surface area contributed by atoms with E-state index in [4.69, 9.17) is 11.6 Å². The van der Waals surface area contributed by atoms with Gasteiger partial charge in [0.05, 0.1) is 17.9 Å². The lowest BCUT2D eigenvalue weighted by Gasteiger charge is -2.27. The third-order valence-electron chi connectivity index (χ3n) is 2.96. The molecule has 0 aliphatic heterocycles. The third-order valence-corrected chi connectivity index (χ3v) is 4.20. The van der Waals surface area contributed by atoms with Gasteiger partial charge >= 0.3 is 0 Å². The Kier molecular flexibility index (Phi) is 6.69. The summed E-state index contributed by atoms with van der Waals surface area (Å²) in [4.78, 5) is 11.8. The van der Waals surface area contributed by atoms with Crippen molar-refractivity contribution in [3.05, 3.63) is 34.9 Å². The SMILES string of the molecule is CCC(C)(CO)NC(=O)CSCc1cccc(Cl)c1. The summed E-state index contributed by atoms with van der Waals surface area (Å²) in [5.41, 5.74) is 0.582. The average Bonchev–Trinajstić information content (AvgIpc) is 2.38. The lowest BCUT2D eigenvalue weighted by Crippen LogP contribution is -2.49. The molecular weight excluding hydrogens is 282 g/mol. The summed E-state index contributed by atoms with van der Waals surface area (Å²) >= 11 is 7.43. The highest BCUT2D eigenvalue weighted by Crippen LogP contribution is 2.17. The highest BCUT2D eigenvalue weighted by molar-refractivity contribution is 7.99. The minimum Gasteiger partial charge on any atom is -0.394 e. The van der Waals surface area contributed by atoms with Crippen LogP contribution in [0.4, 0.5) is 0 Å². The summed E-state index contributed by atoms with van der Waals surface area (Å²) in [7, 11) is 0. The minimum atomic E-state index is -0.520. The topological polar surface area (TPSA) is 49.3 Å². The predicted octanol–water partition coefficient (Wildman–Crippen LogP) is 2.85. The summed E-state index contributed by atoms with van der Waals surface area (Å²) in [5, 5.41) is 12.8. The van der Waals surface area contributed by atoms with Crippen molar-refractivity contribution in [1.29, 1.82) is 0 Å². The van der Waals surface area contributed by atoms with Crippen molar-refractivity contribution in [1.82, 2.24) is 5.32 Å². The van der Waals surface area contributed by atoms with Crippen molar-refractivity contribution >= 4 is 29.3 Å². The van der Waals surface area contributed by atoms with E-state index in [1.54, 1.807) is 0 Å². The second-order valence-corrected chi connectivity index (χ2v) is 6.17. The van der Waals surface area contributed by atoms with Gasteiger partial charge in [0.2, 0.25) is 5.91 Å². The third kappa shape index (κ3) is 5.85. The van der Waals surface area contributed by atoms with Gasteiger partial charge in [-0.15, -0.1) is 11.8 Å². The number of carbonyl (C=O) groups excluding carboxylic acids is 1. The van der Waals surface area contributed by atoms with Crippen LogP contribution in [0.3, 0.4) is 0 Å².